The summed E-state index contributed by atoms with van der Waals surface area (Å²) in [5, 5.41) is 0. The van der Waals surface area contributed by atoms with E-state index in [1.165, 1.54) is 18.1 Å². The predicted octanol–water partition coefficient (Wildman–Crippen LogP) is 2.59. The third kappa shape index (κ3) is 5.41. The molecule has 1 atom stereocenters. The molecule has 4 heterocycles. The first kappa shape index (κ1) is 23.8. The summed E-state index contributed by atoms with van der Waals surface area (Å²) in [6, 6.07) is 2.13. The van der Waals surface area contributed by atoms with Crippen molar-refractivity contribution in [1.29, 1.82) is 0 Å². The van der Waals surface area contributed by atoms with Crippen LogP contribution < -0.4 is 15.4 Å². The van der Waals surface area contributed by atoms with E-state index >= 15 is 0 Å². The van der Waals surface area contributed by atoms with Gasteiger partial charge in [0.1, 0.15) is 11.9 Å². The number of carbonyl (C=O) groups excluding carboxylic acids is 1. The molecule has 0 spiro atoms. The molecule has 13 heteroatoms. The number of alkyl halides is 3. The molecule has 10 nitrogen and oxygen atoms in total. The van der Waals surface area contributed by atoms with E-state index in [0.717, 1.165) is 12.3 Å². The lowest BCUT2D eigenvalue weighted by atomic mass is 10.1. The molecule has 4 rings (SSSR count). The maximum absolute atomic E-state index is 13.8. The molecule has 2 aliphatic heterocycles. The first-order valence-electron chi connectivity index (χ1n) is 10.8. The smallest absolute Gasteiger partial charge is 0.417 e. The Labute approximate surface area is 193 Å². The van der Waals surface area contributed by atoms with E-state index in [9.17, 15) is 18.0 Å². The number of hydrogen-bond donors (Lipinski definition) is 1. The number of amides is 1. The van der Waals surface area contributed by atoms with Crippen molar-refractivity contribution in [1.82, 2.24) is 19.9 Å². The maximum Gasteiger partial charge on any atom is 0.417 e. The Morgan fingerprint density at radius 3 is 2.68 bits per heavy atom. The van der Waals surface area contributed by atoms with Gasteiger partial charge in [-0.25, -0.2) is 14.8 Å². The van der Waals surface area contributed by atoms with Crippen molar-refractivity contribution in [3.05, 3.63) is 23.9 Å². The number of nitrogens with two attached hydrogens (primary N) is 1. The number of piperidine rings is 1. The molecule has 0 aromatic carbocycles. The molecule has 0 unspecified atom stereocenters. The van der Waals surface area contributed by atoms with Gasteiger partial charge in [-0.2, -0.15) is 18.2 Å². The van der Waals surface area contributed by atoms with Crippen LogP contribution in [0.1, 0.15) is 18.4 Å². The van der Waals surface area contributed by atoms with Crippen LogP contribution in [-0.4, -0.2) is 78.6 Å². The molecular formula is C21H25F3N6O4. The van der Waals surface area contributed by atoms with Crippen LogP contribution in [0.3, 0.4) is 0 Å². The summed E-state index contributed by atoms with van der Waals surface area (Å²) in [4.78, 5) is 27.9. The number of hydrogen-bond acceptors (Lipinski definition) is 9. The molecule has 0 saturated carbocycles. The Balaban J connectivity index is 1.70. The number of halogens is 3. The van der Waals surface area contributed by atoms with Gasteiger partial charge >= 0.3 is 12.3 Å². The number of ether oxygens (including phenoxy) is 3. The molecule has 0 aliphatic carbocycles. The number of nitrogens with zero attached hydrogens (tertiary/aromatic N) is 5. The molecule has 0 bridgehead atoms. The van der Waals surface area contributed by atoms with E-state index < -0.39 is 23.9 Å². The minimum atomic E-state index is -4.66. The molecule has 34 heavy (non-hydrogen) atoms. The largest absolute Gasteiger partial charge is 0.472 e. The van der Waals surface area contributed by atoms with Gasteiger partial charge in [0, 0.05) is 37.5 Å². The van der Waals surface area contributed by atoms with Crippen LogP contribution in [0.4, 0.5) is 29.7 Å². The van der Waals surface area contributed by atoms with Crippen molar-refractivity contribution in [2.75, 3.05) is 57.1 Å². The number of morpholine rings is 1. The van der Waals surface area contributed by atoms with Crippen molar-refractivity contribution in [2.45, 2.75) is 25.1 Å². The van der Waals surface area contributed by atoms with E-state index in [4.69, 9.17) is 19.9 Å². The number of aromatic nitrogens is 3. The second-order valence-electron chi connectivity index (χ2n) is 7.94. The summed E-state index contributed by atoms with van der Waals surface area (Å²) >= 11 is 0. The predicted molar refractivity (Wildman–Crippen MR) is 115 cm³/mol. The molecule has 2 N–H and O–H groups in total. The fourth-order valence-electron chi connectivity index (χ4n) is 3.93. The molecule has 2 aliphatic rings. The van der Waals surface area contributed by atoms with E-state index in [1.807, 2.05) is 4.90 Å². The number of likely N-dealkylation sites (tertiary alicyclic amines) is 1. The standard InChI is InChI=1S/C21H25F3N6O4/c1-32-20(31)30-4-2-3-13(12-30)34-18-10-16(27-19(28-18)29-5-7-33-8-6-29)14-11-26-17(25)9-15(14)21(22,23)24/h9-11,13H,2-8,12H2,1H3,(H2,25,26)/t13-/m1/s1. The SMILES string of the molecule is COC(=O)N1CCC[C@@H](Oc2cc(-c3cnc(N)cc3C(F)(F)F)nc(N3CCOCC3)n2)C1. The zero-order chi connectivity index (χ0) is 24.3. The summed E-state index contributed by atoms with van der Waals surface area (Å²) in [6.45, 7) is 2.65. The molecule has 2 aromatic rings. The highest BCUT2D eigenvalue weighted by Gasteiger charge is 2.35. The van der Waals surface area contributed by atoms with Gasteiger partial charge in [0.05, 0.1) is 38.1 Å². The highest BCUT2D eigenvalue weighted by molar-refractivity contribution is 5.68. The average Bonchev–Trinajstić information content (AvgIpc) is 2.83. The Morgan fingerprint density at radius 2 is 1.97 bits per heavy atom. The molecule has 2 saturated heterocycles. The van der Waals surface area contributed by atoms with Gasteiger partial charge in [-0.3, -0.25) is 0 Å². The summed E-state index contributed by atoms with van der Waals surface area (Å²) in [6.07, 6.45) is -3.15. The second-order valence-corrected chi connectivity index (χ2v) is 7.94. The van der Waals surface area contributed by atoms with Crippen LogP contribution >= 0.6 is 0 Å². The van der Waals surface area contributed by atoms with Gasteiger partial charge < -0.3 is 29.7 Å². The van der Waals surface area contributed by atoms with Crippen molar-refractivity contribution >= 4 is 17.9 Å². The van der Waals surface area contributed by atoms with Gasteiger partial charge in [-0.15, -0.1) is 0 Å². The maximum atomic E-state index is 13.8. The van der Waals surface area contributed by atoms with Gasteiger partial charge in [0.15, 0.2) is 0 Å². The van der Waals surface area contributed by atoms with E-state index in [-0.39, 0.29) is 35.4 Å². The Bertz CT molecular complexity index is 1030. The lowest BCUT2D eigenvalue weighted by Crippen LogP contribution is -2.44. The number of pyridine rings is 1. The molecular weight excluding hydrogens is 457 g/mol. The molecule has 2 fully saturated rings. The minimum Gasteiger partial charge on any atom is -0.472 e. The highest BCUT2D eigenvalue weighted by Crippen LogP contribution is 2.38. The Morgan fingerprint density at radius 1 is 1.21 bits per heavy atom. The van der Waals surface area contributed by atoms with Gasteiger partial charge in [-0.05, 0) is 18.9 Å². The lowest BCUT2D eigenvalue weighted by Gasteiger charge is -2.32. The first-order valence-corrected chi connectivity index (χ1v) is 10.8. The van der Waals surface area contributed by atoms with Gasteiger partial charge in [-0.1, -0.05) is 0 Å². The minimum absolute atomic E-state index is 0.00644. The number of nitrogen functional groups attached to an aromatic ring is 1. The Hall–Kier alpha value is -3.35. The molecule has 2 aromatic heterocycles. The van der Waals surface area contributed by atoms with E-state index in [2.05, 4.69) is 15.0 Å². The van der Waals surface area contributed by atoms with E-state index in [0.29, 0.717) is 45.7 Å². The first-order chi connectivity index (χ1) is 16.2. The topological polar surface area (TPSA) is 116 Å². The summed E-state index contributed by atoms with van der Waals surface area (Å²) in [5.41, 5.74) is 4.34. The third-order valence-corrected chi connectivity index (χ3v) is 5.59. The summed E-state index contributed by atoms with van der Waals surface area (Å²) in [5.74, 6) is 0.0784. The van der Waals surface area contributed by atoms with E-state index in [1.54, 1.807) is 0 Å². The fourth-order valence-corrected chi connectivity index (χ4v) is 3.93. The monoisotopic (exact) mass is 482 g/mol. The summed E-state index contributed by atoms with van der Waals surface area (Å²) < 4.78 is 57.5. The zero-order valence-electron chi connectivity index (χ0n) is 18.5. The van der Waals surface area contributed by atoms with Crippen LogP contribution in [0, 0.1) is 0 Å². The van der Waals surface area contributed by atoms with Crippen LogP contribution in [0.15, 0.2) is 18.3 Å². The lowest BCUT2D eigenvalue weighted by molar-refractivity contribution is -0.137. The second kappa shape index (κ2) is 9.87. The quantitative estimate of drug-likeness (QED) is 0.702. The van der Waals surface area contributed by atoms with Crippen LogP contribution in [0.5, 0.6) is 5.88 Å². The molecule has 184 valence electrons. The fraction of sp³-hybridized carbons (Fsp3) is 0.524. The number of carbonyl (C=O) groups is 1. The van der Waals surface area contributed by atoms with Crippen LogP contribution in [-0.2, 0) is 15.7 Å². The molecule has 1 amide bonds. The van der Waals surface area contributed by atoms with Gasteiger partial charge in [0.2, 0.25) is 11.8 Å². The zero-order valence-corrected chi connectivity index (χ0v) is 18.5. The van der Waals surface area contributed by atoms with Gasteiger partial charge in [0.25, 0.3) is 0 Å². The van der Waals surface area contributed by atoms with Crippen LogP contribution in [0.25, 0.3) is 11.3 Å². The third-order valence-electron chi connectivity index (χ3n) is 5.59. The Kier molecular flexibility index (Phi) is 6.91. The normalized spacial score (nSPS) is 19.1. The highest BCUT2D eigenvalue weighted by atomic mass is 19.4. The van der Waals surface area contributed by atoms with Crippen molar-refractivity contribution in [3.63, 3.8) is 0 Å². The molecule has 0 radical (unpaired) electrons. The number of rotatable bonds is 4. The number of methoxy groups -OCH3 is 1. The summed E-state index contributed by atoms with van der Waals surface area (Å²) in [7, 11) is 1.30. The number of anilines is 2. The van der Waals surface area contributed by atoms with Crippen molar-refractivity contribution in [3.8, 4) is 17.1 Å². The van der Waals surface area contributed by atoms with Crippen molar-refractivity contribution in [2.24, 2.45) is 0 Å². The van der Waals surface area contributed by atoms with Crippen LogP contribution in [0.2, 0.25) is 0 Å². The average molecular weight is 482 g/mol. The van der Waals surface area contributed by atoms with Crippen molar-refractivity contribution < 1.29 is 32.2 Å².